The average Bonchev–Trinajstić information content (AvgIpc) is 2.37. The van der Waals surface area contributed by atoms with Crippen LogP contribution in [0.3, 0.4) is 0 Å². The molecule has 0 atom stereocenters. The Morgan fingerprint density at radius 2 is 2.27 bits per heavy atom. The molecule has 0 unspecified atom stereocenters. The molecule has 0 aliphatic carbocycles. The summed E-state index contributed by atoms with van der Waals surface area (Å²) < 4.78 is 22.8. The van der Waals surface area contributed by atoms with E-state index in [2.05, 4.69) is 10.4 Å². The second-order valence-electron chi connectivity index (χ2n) is 3.25. The zero-order chi connectivity index (χ0) is 11.5. The summed E-state index contributed by atoms with van der Waals surface area (Å²) in [6.45, 7) is 0.470. The number of aryl methyl sites for hydroxylation is 1. The topological polar surface area (TPSA) is 116 Å². The van der Waals surface area contributed by atoms with E-state index >= 15 is 0 Å². The summed E-state index contributed by atoms with van der Waals surface area (Å²) in [5.74, 6) is 0.513. The molecule has 0 amide bonds. The second kappa shape index (κ2) is 4.49. The van der Waals surface area contributed by atoms with Gasteiger partial charge in [0.2, 0.25) is 10.0 Å². The van der Waals surface area contributed by atoms with Crippen molar-refractivity contribution in [3.05, 3.63) is 6.20 Å². The number of rotatable bonds is 5. The number of nitrogen functional groups attached to an aromatic ring is 1. The van der Waals surface area contributed by atoms with E-state index in [0.717, 1.165) is 0 Å². The molecule has 5 N–H and O–H groups in total. The summed E-state index contributed by atoms with van der Waals surface area (Å²) in [4.78, 5) is 0. The van der Waals surface area contributed by atoms with Gasteiger partial charge in [0.15, 0.2) is 5.82 Å². The molecule has 0 saturated carbocycles. The van der Waals surface area contributed by atoms with Crippen LogP contribution >= 0.6 is 0 Å². The average molecular weight is 233 g/mol. The SMILES string of the molecule is Cn1cc(N)c(NCCCS(N)(=O)=O)n1. The summed E-state index contributed by atoms with van der Waals surface area (Å²) in [5.41, 5.74) is 6.16. The van der Waals surface area contributed by atoms with Crippen molar-refractivity contribution in [3.8, 4) is 0 Å². The van der Waals surface area contributed by atoms with Gasteiger partial charge in [0.25, 0.3) is 0 Å². The van der Waals surface area contributed by atoms with Crippen LogP contribution in [0.4, 0.5) is 11.5 Å². The van der Waals surface area contributed by atoms with E-state index in [1.807, 2.05) is 0 Å². The largest absolute Gasteiger partial charge is 0.394 e. The normalized spacial score (nSPS) is 11.6. The number of nitrogens with two attached hydrogens (primary N) is 2. The van der Waals surface area contributed by atoms with Crippen molar-refractivity contribution >= 4 is 21.5 Å². The third-order valence-electron chi connectivity index (χ3n) is 1.76. The Labute approximate surface area is 88.5 Å². The van der Waals surface area contributed by atoms with Crippen molar-refractivity contribution in [2.45, 2.75) is 6.42 Å². The number of hydrogen-bond donors (Lipinski definition) is 3. The zero-order valence-corrected chi connectivity index (χ0v) is 9.29. The Hall–Kier alpha value is -1.28. The fourth-order valence-electron chi connectivity index (χ4n) is 1.12. The van der Waals surface area contributed by atoms with Gasteiger partial charge in [-0.1, -0.05) is 0 Å². The summed E-state index contributed by atoms with van der Waals surface area (Å²) in [5, 5.41) is 11.8. The number of nitrogens with one attached hydrogen (secondary N) is 1. The Kier molecular flexibility index (Phi) is 3.53. The first-order valence-electron chi connectivity index (χ1n) is 4.42. The standard InChI is InChI=1S/C7H15N5O2S/c1-12-5-6(8)7(11-12)10-3-2-4-15(9,13)14/h5H,2-4,8H2,1H3,(H,10,11)(H2,9,13,14). The minimum Gasteiger partial charge on any atom is -0.394 e. The molecule has 1 aromatic rings. The van der Waals surface area contributed by atoms with Crippen LogP contribution in [-0.4, -0.2) is 30.5 Å². The molecular weight excluding hydrogens is 218 g/mol. The van der Waals surface area contributed by atoms with E-state index in [1.165, 1.54) is 0 Å². The zero-order valence-electron chi connectivity index (χ0n) is 8.47. The highest BCUT2D eigenvalue weighted by molar-refractivity contribution is 7.89. The molecule has 0 aliphatic rings. The first-order chi connectivity index (χ1) is 6.88. The molecule has 0 bridgehead atoms. The van der Waals surface area contributed by atoms with Crippen molar-refractivity contribution in [1.29, 1.82) is 0 Å². The quantitative estimate of drug-likeness (QED) is 0.569. The lowest BCUT2D eigenvalue weighted by Gasteiger charge is -2.02. The Balaban J connectivity index is 2.35. The Bertz CT molecular complexity index is 425. The van der Waals surface area contributed by atoms with Gasteiger partial charge in [0.05, 0.1) is 11.4 Å². The molecule has 0 spiro atoms. The third-order valence-corrected chi connectivity index (χ3v) is 2.61. The van der Waals surface area contributed by atoms with Gasteiger partial charge in [-0.3, -0.25) is 4.68 Å². The fourth-order valence-corrected chi connectivity index (χ4v) is 1.67. The molecule has 1 aromatic heterocycles. The highest BCUT2D eigenvalue weighted by Gasteiger charge is 2.04. The molecule has 1 rings (SSSR count). The minimum absolute atomic E-state index is 0.0489. The maximum Gasteiger partial charge on any atom is 0.209 e. The molecule has 7 nitrogen and oxygen atoms in total. The molecular formula is C7H15N5O2S. The van der Waals surface area contributed by atoms with E-state index in [0.29, 0.717) is 24.5 Å². The molecule has 86 valence electrons. The molecule has 0 aliphatic heterocycles. The monoisotopic (exact) mass is 233 g/mol. The highest BCUT2D eigenvalue weighted by atomic mass is 32.2. The minimum atomic E-state index is -3.38. The van der Waals surface area contributed by atoms with Crippen molar-refractivity contribution in [3.63, 3.8) is 0 Å². The van der Waals surface area contributed by atoms with E-state index < -0.39 is 10.0 Å². The summed E-state index contributed by atoms with van der Waals surface area (Å²) >= 11 is 0. The number of anilines is 2. The first kappa shape index (κ1) is 11.8. The van der Waals surface area contributed by atoms with Gasteiger partial charge in [0.1, 0.15) is 0 Å². The van der Waals surface area contributed by atoms with Crippen LogP contribution in [0.15, 0.2) is 6.20 Å². The van der Waals surface area contributed by atoms with Gasteiger partial charge in [-0.15, -0.1) is 0 Å². The molecule has 1 heterocycles. The lowest BCUT2D eigenvalue weighted by molar-refractivity contribution is 0.595. The number of hydrogen-bond acceptors (Lipinski definition) is 5. The Morgan fingerprint density at radius 3 is 2.73 bits per heavy atom. The predicted octanol–water partition coefficient (Wildman–Crippen LogP) is -0.907. The summed E-state index contributed by atoms with van der Waals surface area (Å²) in [6.07, 6.45) is 2.09. The van der Waals surface area contributed by atoms with Gasteiger partial charge in [-0.05, 0) is 6.42 Å². The molecule has 0 saturated heterocycles. The van der Waals surface area contributed by atoms with Gasteiger partial charge in [-0.25, -0.2) is 13.6 Å². The number of sulfonamides is 1. The molecule has 8 heteroatoms. The lowest BCUT2D eigenvalue weighted by atomic mass is 10.4. The van der Waals surface area contributed by atoms with Gasteiger partial charge < -0.3 is 11.1 Å². The van der Waals surface area contributed by atoms with Gasteiger partial charge in [0, 0.05) is 19.8 Å². The van der Waals surface area contributed by atoms with Crippen LogP contribution in [-0.2, 0) is 17.1 Å². The van der Waals surface area contributed by atoms with Crippen molar-refractivity contribution in [2.75, 3.05) is 23.3 Å². The van der Waals surface area contributed by atoms with Crippen LogP contribution < -0.4 is 16.2 Å². The lowest BCUT2D eigenvalue weighted by Crippen LogP contribution is -2.18. The van der Waals surface area contributed by atoms with Gasteiger partial charge >= 0.3 is 0 Å². The van der Waals surface area contributed by atoms with Crippen LogP contribution in [0.25, 0.3) is 0 Å². The smallest absolute Gasteiger partial charge is 0.209 e. The predicted molar refractivity (Wildman–Crippen MR) is 58.7 cm³/mol. The third kappa shape index (κ3) is 4.17. The van der Waals surface area contributed by atoms with Crippen molar-refractivity contribution < 1.29 is 8.42 Å². The van der Waals surface area contributed by atoms with Crippen molar-refractivity contribution in [1.82, 2.24) is 9.78 Å². The maximum atomic E-state index is 10.6. The fraction of sp³-hybridized carbons (Fsp3) is 0.571. The molecule has 15 heavy (non-hydrogen) atoms. The number of nitrogens with zero attached hydrogens (tertiary/aromatic N) is 2. The molecule has 0 radical (unpaired) electrons. The van der Waals surface area contributed by atoms with Crippen molar-refractivity contribution in [2.24, 2.45) is 12.2 Å². The van der Waals surface area contributed by atoms with Crippen LogP contribution in [0.1, 0.15) is 6.42 Å². The highest BCUT2D eigenvalue weighted by Crippen LogP contribution is 2.13. The van der Waals surface area contributed by atoms with E-state index in [9.17, 15) is 8.42 Å². The first-order valence-corrected chi connectivity index (χ1v) is 6.13. The maximum absolute atomic E-state index is 10.6. The van der Waals surface area contributed by atoms with Crippen LogP contribution in [0, 0.1) is 0 Å². The van der Waals surface area contributed by atoms with Gasteiger partial charge in [-0.2, -0.15) is 5.10 Å². The second-order valence-corrected chi connectivity index (χ2v) is 4.99. The van der Waals surface area contributed by atoms with E-state index in [-0.39, 0.29) is 5.75 Å². The van der Waals surface area contributed by atoms with E-state index in [4.69, 9.17) is 10.9 Å². The number of primary sulfonamides is 1. The van der Waals surface area contributed by atoms with Crippen LogP contribution in [0.5, 0.6) is 0 Å². The molecule has 0 aromatic carbocycles. The Morgan fingerprint density at radius 1 is 1.60 bits per heavy atom. The van der Waals surface area contributed by atoms with E-state index in [1.54, 1.807) is 17.9 Å². The number of aromatic nitrogens is 2. The summed E-state index contributed by atoms with van der Waals surface area (Å²) in [6, 6.07) is 0. The summed E-state index contributed by atoms with van der Waals surface area (Å²) in [7, 11) is -1.62. The molecule has 0 fully saturated rings. The van der Waals surface area contributed by atoms with Crippen LogP contribution in [0.2, 0.25) is 0 Å².